The Balaban J connectivity index is 2.31. The number of pyridine rings is 1. The fourth-order valence-corrected chi connectivity index (χ4v) is 2.61. The molecule has 114 valence electrons. The first-order valence-electron chi connectivity index (χ1n) is 7.83. The fourth-order valence-electron chi connectivity index (χ4n) is 2.61. The van der Waals surface area contributed by atoms with Crippen molar-refractivity contribution in [3.8, 4) is 5.69 Å². The average molecular weight is 293 g/mol. The molecule has 0 bridgehead atoms. The van der Waals surface area contributed by atoms with Crippen LogP contribution in [0.1, 0.15) is 51.9 Å². The highest BCUT2D eigenvalue weighted by Gasteiger charge is 2.20. The quantitative estimate of drug-likeness (QED) is 0.676. The third-order valence-corrected chi connectivity index (χ3v) is 3.88. The van der Waals surface area contributed by atoms with Gasteiger partial charge >= 0.3 is 0 Å². The van der Waals surface area contributed by atoms with Crippen molar-refractivity contribution in [3.63, 3.8) is 0 Å². The summed E-state index contributed by atoms with van der Waals surface area (Å²) in [6.07, 6.45) is 0. The number of aromatic nitrogens is 3. The summed E-state index contributed by atoms with van der Waals surface area (Å²) in [4.78, 5) is 4.93. The van der Waals surface area contributed by atoms with Gasteiger partial charge in [0.2, 0.25) is 0 Å². The van der Waals surface area contributed by atoms with Gasteiger partial charge in [0.05, 0.1) is 11.4 Å². The molecule has 0 aliphatic rings. The van der Waals surface area contributed by atoms with E-state index in [1.807, 2.05) is 22.9 Å². The summed E-state index contributed by atoms with van der Waals surface area (Å²) in [6, 6.07) is 14.5. The SMILES string of the molecule is CC(C)c1nn(-c2ccccc2)c2nc(C(C)(C)C)ccc12. The Kier molecular flexibility index (Phi) is 3.51. The van der Waals surface area contributed by atoms with Crippen LogP contribution in [0.2, 0.25) is 0 Å². The summed E-state index contributed by atoms with van der Waals surface area (Å²) in [7, 11) is 0. The lowest BCUT2D eigenvalue weighted by Crippen LogP contribution is -2.13. The van der Waals surface area contributed by atoms with Crippen LogP contribution in [0.4, 0.5) is 0 Å². The number of rotatable bonds is 2. The van der Waals surface area contributed by atoms with Crippen molar-refractivity contribution in [2.45, 2.75) is 46.0 Å². The van der Waals surface area contributed by atoms with Gasteiger partial charge in [-0.15, -0.1) is 0 Å². The Labute approximate surface area is 132 Å². The molecule has 0 aliphatic carbocycles. The van der Waals surface area contributed by atoms with Crippen LogP contribution in [0, 0.1) is 0 Å². The van der Waals surface area contributed by atoms with E-state index >= 15 is 0 Å². The van der Waals surface area contributed by atoms with Crippen LogP contribution in [0.3, 0.4) is 0 Å². The van der Waals surface area contributed by atoms with Crippen LogP contribution >= 0.6 is 0 Å². The summed E-state index contributed by atoms with van der Waals surface area (Å²) in [5.74, 6) is 0.370. The molecule has 0 atom stereocenters. The highest BCUT2D eigenvalue weighted by molar-refractivity contribution is 5.80. The molecule has 0 aliphatic heterocycles. The van der Waals surface area contributed by atoms with Crippen molar-refractivity contribution in [2.24, 2.45) is 0 Å². The van der Waals surface area contributed by atoms with Crippen LogP contribution < -0.4 is 0 Å². The number of para-hydroxylation sites is 1. The standard InChI is InChI=1S/C19H23N3/c1-13(2)17-15-11-12-16(19(3,4)5)20-18(15)22(21-17)14-9-7-6-8-10-14/h6-13H,1-5H3. The van der Waals surface area contributed by atoms with Crippen LogP contribution in [-0.4, -0.2) is 14.8 Å². The molecule has 0 N–H and O–H groups in total. The molecule has 0 spiro atoms. The van der Waals surface area contributed by atoms with Crippen molar-refractivity contribution >= 4 is 11.0 Å². The number of hydrogen-bond donors (Lipinski definition) is 0. The zero-order chi connectivity index (χ0) is 15.9. The van der Waals surface area contributed by atoms with Gasteiger partial charge in [-0.25, -0.2) is 9.67 Å². The molecule has 3 aromatic rings. The number of hydrogen-bond acceptors (Lipinski definition) is 2. The molecule has 0 saturated carbocycles. The van der Waals surface area contributed by atoms with Gasteiger partial charge < -0.3 is 0 Å². The topological polar surface area (TPSA) is 30.7 Å². The van der Waals surface area contributed by atoms with E-state index in [-0.39, 0.29) is 5.41 Å². The minimum absolute atomic E-state index is 0.0258. The van der Waals surface area contributed by atoms with Gasteiger partial charge in [-0.2, -0.15) is 5.10 Å². The summed E-state index contributed by atoms with van der Waals surface area (Å²) in [6.45, 7) is 10.9. The van der Waals surface area contributed by atoms with Gasteiger partial charge in [0.1, 0.15) is 0 Å². The van der Waals surface area contributed by atoms with Gasteiger partial charge in [0, 0.05) is 16.5 Å². The average Bonchev–Trinajstić information content (AvgIpc) is 2.86. The maximum absolute atomic E-state index is 4.93. The van der Waals surface area contributed by atoms with E-state index in [4.69, 9.17) is 10.1 Å². The second-order valence-electron chi connectivity index (χ2n) is 7.10. The van der Waals surface area contributed by atoms with E-state index in [0.29, 0.717) is 5.92 Å². The monoisotopic (exact) mass is 293 g/mol. The Hall–Kier alpha value is -2.16. The fraction of sp³-hybridized carbons (Fsp3) is 0.368. The molecule has 1 aromatic carbocycles. The normalized spacial score (nSPS) is 12.3. The van der Waals surface area contributed by atoms with E-state index in [1.165, 1.54) is 0 Å². The number of nitrogens with zero attached hydrogens (tertiary/aromatic N) is 3. The van der Waals surface area contributed by atoms with Crippen molar-refractivity contribution in [3.05, 3.63) is 53.9 Å². The van der Waals surface area contributed by atoms with Gasteiger partial charge in [-0.05, 0) is 30.2 Å². The highest BCUT2D eigenvalue weighted by Crippen LogP contribution is 2.29. The lowest BCUT2D eigenvalue weighted by Gasteiger charge is -2.17. The number of benzene rings is 1. The lowest BCUT2D eigenvalue weighted by molar-refractivity contribution is 0.570. The summed E-state index contributed by atoms with van der Waals surface area (Å²) >= 11 is 0. The molecule has 22 heavy (non-hydrogen) atoms. The Morgan fingerprint density at radius 2 is 1.64 bits per heavy atom. The summed E-state index contributed by atoms with van der Waals surface area (Å²) in [5.41, 5.74) is 4.22. The molecule has 3 rings (SSSR count). The maximum atomic E-state index is 4.93. The molecule has 0 saturated heterocycles. The van der Waals surface area contributed by atoms with E-state index in [9.17, 15) is 0 Å². The van der Waals surface area contributed by atoms with Gasteiger partial charge in [-0.1, -0.05) is 52.8 Å². The molecule has 2 heterocycles. The molecule has 2 aromatic heterocycles. The largest absolute Gasteiger partial charge is 0.232 e. The molecular weight excluding hydrogens is 270 g/mol. The van der Waals surface area contributed by atoms with Crippen LogP contribution in [0.25, 0.3) is 16.7 Å². The van der Waals surface area contributed by atoms with E-state index in [2.05, 4.69) is 58.9 Å². The molecule has 0 amide bonds. The Morgan fingerprint density at radius 1 is 0.955 bits per heavy atom. The van der Waals surface area contributed by atoms with Crippen LogP contribution in [-0.2, 0) is 5.41 Å². The van der Waals surface area contributed by atoms with E-state index < -0.39 is 0 Å². The smallest absolute Gasteiger partial charge is 0.163 e. The number of fused-ring (bicyclic) bond motifs is 1. The van der Waals surface area contributed by atoms with Crippen molar-refractivity contribution in [1.82, 2.24) is 14.8 Å². The first-order valence-corrected chi connectivity index (χ1v) is 7.83. The second-order valence-corrected chi connectivity index (χ2v) is 7.10. The van der Waals surface area contributed by atoms with Gasteiger partial charge in [-0.3, -0.25) is 0 Å². The summed E-state index contributed by atoms with van der Waals surface area (Å²) < 4.78 is 1.97. The lowest BCUT2D eigenvalue weighted by atomic mass is 9.91. The zero-order valence-electron chi connectivity index (χ0n) is 14.0. The molecule has 3 nitrogen and oxygen atoms in total. The minimum Gasteiger partial charge on any atom is -0.232 e. The second kappa shape index (κ2) is 5.24. The first kappa shape index (κ1) is 14.8. The van der Waals surface area contributed by atoms with Crippen LogP contribution in [0.15, 0.2) is 42.5 Å². The molecule has 3 heteroatoms. The highest BCUT2D eigenvalue weighted by atomic mass is 15.3. The van der Waals surface area contributed by atoms with Gasteiger partial charge in [0.25, 0.3) is 0 Å². The third kappa shape index (κ3) is 2.52. The van der Waals surface area contributed by atoms with Gasteiger partial charge in [0.15, 0.2) is 5.65 Å². The zero-order valence-corrected chi connectivity index (χ0v) is 14.0. The molecule has 0 radical (unpaired) electrons. The molecule has 0 unspecified atom stereocenters. The predicted molar refractivity (Wildman–Crippen MR) is 91.7 cm³/mol. The summed E-state index contributed by atoms with van der Waals surface area (Å²) in [5, 5.41) is 5.98. The molecule has 0 fully saturated rings. The van der Waals surface area contributed by atoms with E-state index in [0.717, 1.165) is 28.1 Å². The van der Waals surface area contributed by atoms with Crippen molar-refractivity contribution in [2.75, 3.05) is 0 Å². The Morgan fingerprint density at radius 3 is 2.23 bits per heavy atom. The van der Waals surface area contributed by atoms with Crippen molar-refractivity contribution < 1.29 is 0 Å². The third-order valence-electron chi connectivity index (χ3n) is 3.88. The minimum atomic E-state index is 0.0258. The van der Waals surface area contributed by atoms with E-state index in [1.54, 1.807) is 0 Å². The molecular formula is C19H23N3. The Bertz CT molecular complexity index is 793. The first-order chi connectivity index (χ1) is 10.4. The van der Waals surface area contributed by atoms with Crippen molar-refractivity contribution in [1.29, 1.82) is 0 Å². The maximum Gasteiger partial charge on any atom is 0.163 e. The predicted octanol–water partition coefficient (Wildman–Crippen LogP) is 4.84. The van der Waals surface area contributed by atoms with Crippen LogP contribution in [0.5, 0.6) is 0 Å².